The number of aliphatic imine (C=N–C) groups is 1. The van der Waals surface area contributed by atoms with Crippen molar-refractivity contribution < 1.29 is 4.39 Å². The number of rotatable bonds is 2. The number of hydrogen-bond donors (Lipinski definition) is 1. The fraction of sp³-hybridized carbons (Fsp3) is 0.417. The number of hydrogen-bond acceptors (Lipinski definition) is 3. The molecule has 2 rings (SSSR count). The lowest BCUT2D eigenvalue weighted by Gasteiger charge is -2.35. The SMILES string of the molecule is CCN1C(N)=NCC1(C)c1cccc(F)c1. The Morgan fingerprint density at radius 2 is 2.31 bits per heavy atom. The number of nitrogens with two attached hydrogens (primary N) is 1. The summed E-state index contributed by atoms with van der Waals surface area (Å²) in [5.74, 6) is 0.314. The van der Waals surface area contributed by atoms with Crippen molar-refractivity contribution in [3.05, 3.63) is 35.6 Å². The predicted octanol–water partition coefficient (Wildman–Crippen LogP) is 1.69. The average Bonchev–Trinajstić information content (AvgIpc) is 2.56. The van der Waals surface area contributed by atoms with Crippen molar-refractivity contribution in [2.45, 2.75) is 19.4 Å². The Hall–Kier alpha value is -1.58. The van der Waals surface area contributed by atoms with Gasteiger partial charge in [-0.1, -0.05) is 12.1 Å². The average molecular weight is 221 g/mol. The molecule has 1 aliphatic rings. The fourth-order valence-corrected chi connectivity index (χ4v) is 2.24. The second-order valence-electron chi connectivity index (χ2n) is 4.20. The van der Waals surface area contributed by atoms with Gasteiger partial charge >= 0.3 is 0 Å². The van der Waals surface area contributed by atoms with Gasteiger partial charge < -0.3 is 10.6 Å². The zero-order valence-electron chi connectivity index (χ0n) is 9.57. The maximum absolute atomic E-state index is 13.2. The highest BCUT2D eigenvalue weighted by atomic mass is 19.1. The van der Waals surface area contributed by atoms with Crippen LogP contribution in [0.5, 0.6) is 0 Å². The third-order valence-electron chi connectivity index (χ3n) is 3.18. The molecule has 1 heterocycles. The quantitative estimate of drug-likeness (QED) is 0.825. The molecule has 2 N–H and O–H groups in total. The minimum absolute atomic E-state index is 0.222. The molecule has 16 heavy (non-hydrogen) atoms. The zero-order chi connectivity index (χ0) is 11.8. The number of halogens is 1. The highest BCUT2D eigenvalue weighted by Gasteiger charge is 2.38. The van der Waals surface area contributed by atoms with Gasteiger partial charge in [0.05, 0.1) is 12.1 Å². The van der Waals surface area contributed by atoms with Crippen LogP contribution >= 0.6 is 0 Å². The van der Waals surface area contributed by atoms with E-state index in [1.807, 2.05) is 24.8 Å². The first kappa shape index (κ1) is 10.9. The number of likely N-dealkylation sites (N-methyl/N-ethyl adjacent to an activating group) is 1. The van der Waals surface area contributed by atoms with Crippen LogP contribution in [0.2, 0.25) is 0 Å². The van der Waals surface area contributed by atoms with Crippen LogP contribution in [0.1, 0.15) is 19.4 Å². The summed E-state index contributed by atoms with van der Waals surface area (Å²) >= 11 is 0. The maximum atomic E-state index is 13.2. The van der Waals surface area contributed by atoms with Gasteiger partial charge in [0.25, 0.3) is 0 Å². The van der Waals surface area contributed by atoms with Crippen molar-refractivity contribution in [1.82, 2.24) is 4.90 Å². The van der Waals surface area contributed by atoms with Crippen LogP contribution < -0.4 is 5.73 Å². The molecule has 0 spiro atoms. The van der Waals surface area contributed by atoms with Gasteiger partial charge in [-0.2, -0.15) is 0 Å². The van der Waals surface area contributed by atoms with E-state index >= 15 is 0 Å². The van der Waals surface area contributed by atoms with Crippen molar-refractivity contribution in [2.75, 3.05) is 13.1 Å². The Morgan fingerprint density at radius 1 is 1.56 bits per heavy atom. The van der Waals surface area contributed by atoms with E-state index in [-0.39, 0.29) is 11.4 Å². The van der Waals surface area contributed by atoms with Crippen molar-refractivity contribution >= 4 is 5.96 Å². The molecule has 0 fully saturated rings. The molecule has 0 saturated carbocycles. The second kappa shape index (κ2) is 3.77. The fourth-order valence-electron chi connectivity index (χ4n) is 2.24. The van der Waals surface area contributed by atoms with Gasteiger partial charge in [0.1, 0.15) is 5.82 Å². The van der Waals surface area contributed by atoms with Gasteiger partial charge in [0, 0.05) is 6.54 Å². The van der Waals surface area contributed by atoms with E-state index in [2.05, 4.69) is 4.99 Å². The summed E-state index contributed by atoms with van der Waals surface area (Å²) in [6.07, 6.45) is 0. The van der Waals surface area contributed by atoms with Crippen molar-refractivity contribution in [1.29, 1.82) is 0 Å². The molecule has 0 aliphatic carbocycles. The summed E-state index contributed by atoms with van der Waals surface area (Å²) in [6, 6.07) is 6.64. The molecule has 0 aromatic heterocycles. The molecule has 0 bridgehead atoms. The molecule has 0 saturated heterocycles. The summed E-state index contributed by atoms with van der Waals surface area (Å²) in [4.78, 5) is 6.25. The van der Waals surface area contributed by atoms with Gasteiger partial charge in [0.2, 0.25) is 0 Å². The van der Waals surface area contributed by atoms with Crippen LogP contribution in [0.25, 0.3) is 0 Å². The molecular formula is C12H16FN3. The first-order valence-electron chi connectivity index (χ1n) is 5.41. The van der Waals surface area contributed by atoms with E-state index in [1.165, 1.54) is 6.07 Å². The van der Waals surface area contributed by atoms with Gasteiger partial charge in [-0.05, 0) is 31.5 Å². The van der Waals surface area contributed by atoms with Gasteiger partial charge in [-0.25, -0.2) is 4.39 Å². The summed E-state index contributed by atoms with van der Waals surface area (Å²) < 4.78 is 13.2. The minimum Gasteiger partial charge on any atom is -0.370 e. The predicted molar refractivity (Wildman–Crippen MR) is 62.6 cm³/mol. The molecule has 1 unspecified atom stereocenters. The smallest absolute Gasteiger partial charge is 0.192 e. The third-order valence-corrected chi connectivity index (χ3v) is 3.18. The van der Waals surface area contributed by atoms with Crippen LogP contribution in [0.4, 0.5) is 4.39 Å². The molecule has 4 heteroatoms. The first-order valence-corrected chi connectivity index (χ1v) is 5.41. The van der Waals surface area contributed by atoms with E-state index in [0.29, 0.717) is 12.5 Å². The van der Waals surface area contributed by atoms with Gasteiger partial charge in [-0.3, -0.25) is 4.99 Å². The van der Waals surface area contributed by atoms with E-state index in [0.717, 1.165) is 12.1 Å². The Bertz CT molecular complexity index is 430. The van der Waals surface area contributed by atoms with E-state index in [4.69, 9.17) is 5.73 Å². The summed E-state index contributed by atoms with van der Waals surface area (Å²) in [5, 5.41) is 0. The molecule has 86 valence electrons. The molecule has 0 amide bonds. The van der Waals surface area contributed by atoms with Crippen LogP contribution in [0, 0.1) is 5.82 Å². The zero-order valence-corrected chi connectivity index (χ0v) is 9.57. The molecular weight excluding hydrogens is 205 g/mol. The van der Waals surface area contributed by atoms with E-state index < -0.39 is 0 Å². The first-order chi connectivity index (χ1) is 7.58. The van der Waals surface area contributed by atoms with Gasteiger partial charge in [0.15, 0.2) is 5.96 Å². The lowest BCUT2D eigenvalue weighted by Crippen LogP contribution is -2.47. The standard InChI is InChI=1S/C12H16FN3/c1-3-16-11(14)15-8-12(16,2)9-5-4-6-10(13)7-9/h4-7H,3,8H2,1-2H3,(H2,14,15). The maximum Gasteiger partial charge on any atom is 0.192 e. The number of guanidine groups is 1. The number of benzene rings is 1. The Labute approximate surface area is 94.8 Å². The topological polar surface area (TPSA) is 41.6 Å². The van der Waals surface area contributed by atoms with Crippen molar-refractivity contribution in [2.24, 2.45) is 10.7 Å². The second-order valence-corrected chi connectivity index (χ2v) is 4.20. The highest BCUT2D eigenvalue weighted by molar-refractivity contribution is 5.81. The van der Waals surface area contributed by atoms with Crippen molar-refractivity contribution in [3.8, 4) is 0 Å². The Balaban J connectivity index is 2.40. The molecule has 1 atom stereocenters. The minimum atomic E-state index is -0.319. The lowest BCUT2D eigenvalue weighted by molar-refractivity contribution is 0.234. The molecule has 3 nitrogen and oxygen atoms in total. The van der Waals surface area contributed by atoms with Crippen LogP contribution in [-0.4, -0.2) is 23.9 Å². The van der Waals surface area contributed by atoms with E-state index in [1.54, 1.807) is 12.1 Å². The largest absolute Gasteiger partial charge is 0.370 e. The Kier molecular flexibility index (Phi) is 2.58. The summed E-state index contributed by atoms with van der Waals surface area (Å²) in [7, 11) is 0. The highest BCUT2D eigenvalue weighted by Crippen LogP contribution is 2.32. The van der Waals surface area contributed by atoms with Gasteiger partial charge in [-0.15, -0.1) is 0 Å². The summed E-state index contributed by atoms with van der Waals surface area (Å²) in [6.45, 7) is 5.40. The van der Waals surface area contributed by atoms with E-state index in [9.17, 15) is 4.39 Å². The lowest BCUT2D eigenvalue weighted by atomic mass is 9.91. The van der Waals surface area contributed by atoms with Crippen LogP contribution in [0.15, 0.2) is 29.3 Å². The molecule has 1 aliphatic heterocycles. The van der Waals surface area contributed by atoms with Crippen LogP contribution in [-0.2, 0) is 5.54 Å². The Morgan fingerprint density at radius 3 is 2.94 bits per heavy atom. The van der Waals surface area contributed by atoms with Crippen LogP contribution in [0.3, 0.4) is 0 Å². The van der Waals surface area contributed by atoms with Crippen molar-refractivity contribution in [3.63, 3.8) is 0 Å². The molecule has 0 radical (unpaired) electrons. The normalized spacial score (nSPS) is 24.7. The molecule has 1 aromatic carbocycles. The molecule has 1 aromatic rings. The number of nitrogens with zero attached hydrogens (tertiary/aromatic N) is 2. The summed E-state index contributed by atoms with van der Waals surface area (Å²) in [5.41, 5.74) is 6.42. The monoisotopic (exact) mass is 221 g/mol. The third kappa shape index (κ3) is 1.54.